The lowest BCUT2D eigenvalue weighted by Crippen LogP contribution is -2.06. The van der Waals surface area contributed by atoms with Crippen LogP contribution in [0.15, 0.2) is 29.3 Å². The highest BCUT2D eigenvalue weighted by molar-refractivity contribution is 5.98. The summed E-state index contributed by atoms with van der Waals surface area (Å²) in [6.45, 7) is 5.15. The van der Waals surface area contributed by atoms with Crippen molar-refractivity contribution in [1.82, 2.24) is 0 Å². The van der Waals surface area contributed by atoms with Gasteiger partial charge in [0.25, 0.3) is 0 Å². The van der Waals surface area contributed by atoms with Crippen LogP contribution < -0.4 is 0 Å². The fourth-order valence-corrected chi connectivity index (χ4v) is 1.87. The molecule has 1 fully saturated rings. The van der Waals surface area contributed by atoms with E-state index in [2.05, 4.69) is 11.9 Å². The maximum Gasteiger partial charge on any atom is 0.123 e. The van der Waals surface area contributed by atoms with Gasteiger partial charge in [-0.05, 0) is 49.3 Å². The molecule has 0 N–H and O–H groups in total. The maximum absolute atomic E-state index is 12.7. The van der Waals surface area contributed by atoms with Gasteiger partial charge in [-0.2, -0.15) is 0 Å². The van der Waals surface area contributed by atoms with Crippen LogP contribution in [0, 0.1) is 11.2 Å². The predicted octanol–water partition coefficient (Wildman–Crippen LogP) is 3.82. The van der Waals surface area contributed by atoms with Crippen LogP contribution in [0.3, 0.4) is 0 Å². The highest BCUT2D eigenvalue weighted by Gasteiger charge is 2.40. The van der Waals surface area contributed by atoms with E-state index in [0.29, 0.717) is 5.41 Å². The number of aliphatic imine (C=N–C) groups is 1. The lowest BCUT2D eigenvalue weighted by molar-refractivity contribution is 0.506. The minimum Gasteiger partial charge on any atom is -0.289 e. The van der Waals surface area contributed by atoms with Crippen molar-refractivity contribution in [2.75, 3.05) is 6.54 Å². The van der Waals surface area contributed by atoms with Gasteiger partial charge in [0.1, 0.15) is 5.82 Å². The minimum absolute atomic E-state index is 0.191. The smallest absolute Gasteiger partial charge is 0.123 e. The third kappa shape index (κ3) is 2.49. The molecular weight excluding hydrogens is 201 g/mol. The molecule has 1 nitrogen and oxygen atoms in total. The molecule has 1 aromatic carbocycles. The second-order valence-corrected chi connectivity index (χ2v) is 4.76. The fourth-order valence-electron chi connectivity index (χ4n) is 1.87. The van der Waals surface area contributed by atoms with Crippen LogP contribution in [-0.4, -0.2) is 12.3 Å². The molecule has 0 atom stereocenters. The first-order valence-corrected chi connectivity index (χ1v) is 5.92. The van der Waals surface area contributed by atoms with Gasteiger partial charge in [-0.3, -0.25) is 4.99 Å². The Morgan fingerprint density at radius 3 is 2.44 bits per heavy atom. The van der Waals surface area contributed by atoms with Crippen molar-refractivity contribution in [1.29, 1.82) is 0 Å². The molecule has 2 rings (SSSR count). The Hall–Kier alpha value is -1.18. The molecule has 1 aromatic rings. The molecule has 0 aliphatic heterocycles. The van der Waals surface area contributed by atoms with Crippen LogP contribution in [0.2, 0.25) is 0 Å². The topological polar surface area (TPSA) is 12.4 Å². The third-order valence-electron chi connectivity index (χ3n) is 3.62. The number of hydrogen-bond donors (Lipinski definition) is 0. The van der Waals surface area contributed by atoms with Gasteiger partial charge in [0.15, 0.2) is 0 Å². The van der Waals surface area contributed by atoms with E-state index in [1.165, 1.54) is 31.4 Å². The largest absolute Gasteiger partial charge is 0.289 e. The summed E-state index contributed by atoms with van der Waals surface area (Å²) in [6.07, 6.45) is 3.83. The Kier molecular flexibility index (Phi) is 3.08. The first-order valence-electron chi connectivity index (χ1n) is 5.92. The van der Waals surface area contributed by atoms with E-state index in [1.807, 2.05) is 6.92 Å². The summed E-state index contributed by atoms with van der Waals surface area (Å²) in [7, 11) is 0. The van der Waals surface area contributed by atoms with Crippen molar-refractivity contribution < 1.29 is 4.39 Å². The summed E-state index contributed by atoms with van der Waals surface area (Å²) >= 11 is 0. The first kappa shape index (κ1) is 11.3. The van der Waals surface area contributed by atoms with Gasteiger partial charge in [-0.25, -0.2) is 4.39 Å². The number of benzene rings is 1. The number of nitrogens with zero attached hydrogens (tertiary/aromatic N) is 1. The fraction of sp³-hybridized carbons (Fsp3) is 0.500. The van der Waals surface area contributed by atoms with Crippen molar-refractivity contribution >= 4 is 5.71 Å². The van der Waals surface area contributed by atoms with Crippen molar-refractivity contribution in [3.8, 4) is 0 Å². The minimum atomic E-state index is -0.191. The zero-order chi connectivity index (χ0) is 11.6. The van der Waals surface area contributed by atoms with Gasteiger partial charge in [0.05, 0.1) is 0 Å². The molecule has 0 heterocycles. The van der Waals surface area contributed by atoms with Gasteiger partial charge in [-0.15, -0.1) is 0 Å². The molecule has 16 heavy (non-hydrogen) atoms. The highest BCUT2D eigenvalue weighted by atomic mass is 19.1. The second kappa shape index (κ2) is 4.36. The Balaban J connectivity index is 2.04. The summed E-state index contributed by atoms with van der Waals surface area (Å²) < 4.78 is 12.7. The van der Waals surface area contributed by atoms with Gasteiger partial charge in [0, 0.05) is 12.3 Å². The van der Waals surface area contributed by atoms with Crippen molar-refractivity contribution in [2.45, 2.75) is 33.1 Å². The molecule has 1 saturated carbocycles. The number of hydrogen-bond acceptors (Lipinski definition) is 1. The Labute approximate surface area is 96.4 Å². The zero-order valence-corrected chi connectivity index (χ0v) is 9.96. The second-order valence-electron chi connectivity index (χ2n) is 4.76. The molecule has 2 heteroatoms. The SMILES string of the molecule is CCC1(C/N=C(\C)c2ccc(F)cc2)CC1. The van der Waals surface area contributed by atoms with Gasteiger partial charge in [0.2, 0.25) is 0 Å². The van der Waals surface area contributed by atoms with E-state index in [0.717, 1.165) is 17.8 Å². The van der Waals surface area contributed by atoms with Crippen LogP contribution >= 0.6 is 0 Å². The van der Waals surface area contributed by atoms with E-state index in [4.69, 9.17) is 0 Å². The van der Waals surface area contributed by atoms with Crippen molar-refractivity contribution in [3.63, 3.8) is 0 Å². The standard InChI is InChI=1S/C14H18FN/c1-3-14(8-9-14)10-16-11(2)12-4-6-13(15)7-5-12/h4-7H,3,8-10H2,1-2H3/b16-11+. The van der Waals surface area contributed by atoms with Crippen molar-refractivity contribution in [2.24, 2.45) is 10.4 Å². The molecule has 0 aromatic heterocycles. The molecule has 0 spiro atoms. The Morgan fingerprint density at radius 2 is 1.94 bits per heavy atom. The molecule has 0 bridgehead atoms. The normalized spacial score (nSPS) is 18.6. The molecule has 1 aliphatic carbocycles. The van der Waals surface area contributed by atoms with E-state index in [1.54, 1.807) is 12.1 Å². The average molecular weight is 219 g/mol. The molecule has 0 radical (unpaired) electrons. The predicted molar refractivity (Wildman–Crippen MR) is 65.4 cm³/mol. The molecule has 0 unspecified atom stereocenters. The van der Waals surface area contributed by atoms with E-state index >= 15 is 0 Å². The Bertz CT molecular complexity index is 388. The van der Waals surface area contributed by atoms with E-state index in [-0.39, 0.29) is 5.82 Å². The van der Waals surface area contributed by atoms with Gasteiger partial charge < -0.3 is 0 Å². The molecular formula is C14H18FN. The summed E-state index contributed by atoms with van der Waals surface area (Å²) in [5.74, 6) is -0.191. The van der Waals surface area contributed by atoms with Crippen LogP contribution in [0.25, 0.3) is 0 Å². The summed E-state index contributed by atoms with van der Waals surface area (Å²) in [6, 6.07) is 6.56. The summed E-state index contributed by atoms with van der Waals surface area (Å²) in [5, 5.41) is 0. The molecule has 0 amide bonds. The molecule has 86 valence electrons. The van der Waals surface area contributed by atoms with Crippen LogP contribution in [0.5, 0.6) is 0 Å². The van der Waals surface area contributed by atoms with E-state index < -0.39 is 0 Å². The van der Waals surface area contributed by atoms with Gasteiger partial charge in [-0.1, -0.05) is 19.1 Å². The lowest BCUT2D eigenvalue weighted by Gasteiger charge is -2.09. The van der Waals surface area contributed by atoms with Crippen LogP contribution in [-0.2, 0) is 0 Å². The quantitative estimate of drug-likeness (QED) is 0.682. The lowest BCUT2D eigenvalue weighted by atomic mass is 10.0. The highest BCUT2D eigenvalue weighted by Crippen LogP contribution is 2.48. The maximum atomic E-state index is 12.7. The zero-order valence-electron chi connectivity index (χ0n) is 9.96. The average Bonchev–Trinajstić information content (AvgIpc) is 3.08. The number of rotatable bonds is 4. The Morgan fingerprint density at radius 1 is 1.31 bits per heavy atom. The van der Waals surface area contributed by atoms with Crippen molar-refractivity contribution in [3.05, 3.63) is 35.6 Å². The molecule has 0 saturated heterocycles. The summed E-state index contributed by atoms with van der Waals surface area (Å²) in [4.78, 5) is 4.62. The van der Waals surface area contributed by atoms with Crippen LogP contribution in [0.1, 0.15) is 38.7 Å². The van der Waals surface area contributed by atoms with Gasteiger partial charge >= 0.3 is 0 Å². The molecule has 1 aliphatic rings. The first-order chi connectivity index (χ1) is 7.65. The third-order valence-corrected chi connectivity index (χ3v) is 3.62. The monoisotopic (exact) mass is 219 g/mol. The van der Waals surface area contributed by atoms with E-state index in [9.17, 15) is 4.39 Å². The number of halogens is 1. The van der Waals surface area contributed by atoms with Crippen LogP contribution in [0.4, 0.5) is 4.39 Å². The summed E-state index contributed by atoms with van der Waals surface area (Å²) in [5.41, 5.74) is 2.52.